The van der Waals surface area contributed by atoms with Crippen LogP contribution < -0.4 is 5.32 Å². The third-order valence-corrected chi connectivity index (χ3v) is 2.29. The van der Waals surface area contributed by atoms with Gasteiger partial charge in [-0.1, -0.05) is 0 Å². The molecule has 94 valence electrons. The van der Waals surface area contributed by atoms with Crippen LogP contribution >= 0.6 is 0 Å². The van der Waals surface area contributed by atoms with Crippen molar-refractivity contribution >= 4 is 11.4 Å². The molecule has 0 fully saturated rings. The van der Waals surface area contributed by atoms with E-state index in [-0.39, 0.29) is 11.8 Å². The highest BCUT2D eigenvalue weighted by molar-refractivity contribution is 5.55. The van der Waals surface area contributed by atoms with Crippen LogP contribution in [0.1, 0.15) is 19.4 Å². The third kappa shape index (κ3) is 4.40. The summed E-state index contributed by atoms with van der Waals surface area (Å²) in [5.74, 6) is 0. The summed E-state index contributed by atoms with van der Waals surface area (Å²) in [5.41, 5.74) is 1.89. The molecule has 0 aliphatic carbocycles. The Morgan fingerprint density at radius 1 is 1.47 bits per heavy atom. The fourth-order valence-electron chi connectivity index (χ4n) is 1.44. The van der Waals surface area contributed by atoms with Gasteiger partial charge >= 0.3 is 0 Å². The van der Waals surface area contributed by atoms with Crippen molar-refractivity contribution in [3.8, 4) is 0 Å². The molecule has 0 aromatic heterocycles. The first-order valence-electron chi connectivity index (χ1n) is 5.61. The minimum Gasteiger partial charge on any atom is -0.383 e. The summed E-state index contributed by atoms with van der Waals surface area (Å²) >= 11 is 0. The molecule has 0 unspecified atom stereocenters. The molecule has 0 saturated heterocycles. The van der Waals surface area contributed by atoms with Crippen LogP contribution in [0.5, 0.6) is 0 Å². The number of nitro benzene ring substituents is 1. The van der Waals surface area contributed by atoms with Crippen molar-refractivity contribution < 1.29 is 9.66 Å². The summed E-state index contributed by atoms with van der Waals surface area (Å²) in [4.78, 5) is 10.2. The van der Waals surface area contributed by atoms with Gasteiger partial charge in [0.05, 0.1) is 17.6 Å². The molecule has 0 amide bonds. The highest BCUT2D eigenvalue weighted by atomic mass is 16.6. The van der Waals surface area contributed by atoms with Gasteiger partial charge in [0, 0.05) is 24.4 Å². The number of anilines is 1. The molecule has 1 aromatic rings. The highest BCUT2D eigenvalue weighted by Gasteiger charge is 2.07. The zero-order valence-corrected chi connectivity index (χ0v) is 10.4. The maximum Gasteiger partial charge on any atom is 0.269 e. The van der Waals surface area contributed by atoms with Crippen molar-refractivity contribution in [3.05, 3.63) is 33.9 Å². The number of hydrogen-bond donors (Lipinski definition) is 1. The van der Waals surface area contributed by atoms with Crippen LogP contribution in [0.25, 0.3) is 0 Å². The van der Waals surface area contributed by atoms with Gasteiger partial charge < -0.3 is 10.1 Å². The van der Waals surface area contributed by atoms with E-state index in [4.69, 9.17) is 4.74 Å². The van der Waals surface area contributed by atoms with E-state index in [0.29, 0.717) is 13.2 Å². The summed E-state index contributed by atoms with van der Waals surface area (Å²) in [5, 5.41) is 13.8. The lowest BCUT2D eigenvalue weighted by molar-refractivity contribution is -0.384. The summed E-state index contributed by atoms with van der Waals surface area (Å²) in [7, 11) is 0. The van der Waals surface area contributed by atoms with E-state index in [1.807, 2.05) is 20.8 Å². The molecule has 5 nitrogen and oxygen atoms in total. The number of ether oxygens (including phenoxy) is 1. The number of benzene rings is 1. The largest absolute Gasteiger partial charge is 0.383 e. The lowest BCUT2D eigenvalue weighted by atomic mass is 10.2. The average molecular weight is 238 g/mol. The Morgan fingerprint density at radius 3 is 2.71 bits per heavy atom. The van der Waals surface area contributed by atoms with Crippen molar-refractivity contribution in [2.24, 2.45) is 0 Å². The number of nitrogens with zero attached hydrogens (tertiary/aromatic N) is 1. The van der Waals surface area contributed by atoms with Gasteiger partial charge in [-0.25, -0.2) is 0 Å². The number of nitro groups is 1. The normalized spacial score (nSPS) is 10.6. The zero-order valence-electron chi connectivity index (χ0n) is 10.4. The number of rotatable bonds is 6. The lowest BCUT2D eigenvalue weighted by Crippen LogP contribution is -2.13. The minimum atomic E-state index is -0.390. The SMILES string of the molecule is Cc1cc([N+](=O)[O-])ccc1NCCOC(C)C. The van der Waals surface area contributed by atoms with E-state index in [9.17, 15) is 10.1 Å². The van der Waals surface area contributed by atoms with Crippen molar-refractivity contribution in [2.45, 2.75) is 26.9 Å². The maximum absolute atomic E-state index is 10.6. The van der Waals surface area contributed by atoms with Crippen molar-refractivity contribution in [3.63, 3.8) is 0 Å². The second kappa shape index (κ2) is 6.20. The monoisotopic (exact) mass is 238 g/mol. The minimum absolute atomic E-state index is 0.117. The van der Waals surface area contributed by atoms with Crippen molar-refractivity contribution in [2.75, 3.05) is 18.5 Å². The standard InChI is InChI=1S/C12H18N2O3/c1-9(2)17-7-6-13-12-5-4-11(14(15)16)8-10(12)3/h4-5,8-9,13H,6-7H2,1-3H3. The Kier molecular flexibility index (Phi) is 4.90. The van der Waals surface area contributed by atoms with Crippen LogP contribution in [-0.4, -0.2) is 24.2 Å². The second-order valence-corrected chi connectivity index (χ2v) is 4.10. The molecule has 0 aliphatic heterocycles. The van der Waals surface area contributed by atoms with Gasteiger partial charge in [0.2, 0.25) is 0 Å². The van der Waals surface area contributed by atoms with Crippen LogP contribution in [0, 0.1) is 17.0 Å². The third-order valence-electron chi connectivity index (χ3n) is 2.29. The van der Waals surface area contributed by atoms with Crippen molar-refractivity contribution in [1.82, 2.24) is 0 Å². The fraction of sp³-hybridized carbons (Fsp3) is 0.500. The van der Waals surface area contributed by atoms with E-state index in [1.54, 1.807) is 12.1 Å². The van der Waals surface area contributed by atoms with E-state index >= 15 is 0 Å². The average Bonchev–Trinajstić information content (AvgIpc) is 2.25. The second-order valence-electron chi connectivity index (χ2n) is 4.10. The Morgan fingerprint density at radius 2 is 2.18 bits per heavy atom. The molecule has 0 bridgehead atoms. The number of non-ortho nitro benzene ring substituents is 1. The van der Waals surface area contributed by atoms with Gasteiger partial charge in [-0.05, 0) is 32.4 Å². The summed E-state index contributed by atoms with van der Waals surface area (Å²) < 4.78 is 5.39. The molecule has 1 aromatic carbocycles. The number of aryl methyl sites for hydroxylation is 1. The Balaban J connectivity index is 2.52. The fourth-order valence-corrected chi connectivity index (χ4v) is 1.44. The molecular weight excluding hydrogens is 220 g/mol. The van der Waals surface area contributed by atoms with Gasteiger partial charge in [-0.3, -0.25) is 10.1 Å². The van der Waals surface area contributed by atoms with Crippen molar-refractivity contribution in [1.29, 1.82) is 0 Å². The Bertz CT molecular complexity index is 391. The molecule has 0 aliphatic rings. The zero-order chi connectivity index (χ0) is 12.8. The summed E-state index contributed by atoms with van der Waals surface area (Å²) in [6, 6.07) is 4.78. The van der Waals surface area contributed by atoms with Crippen LogP contribution in [0.15, 0.2) is 18.2 Å². The molecular formula is C12H18N2O3. The van der Waals surface area contributed by atoms with E-state index in [1.165, 1.54) is 6.07 Å². The molecule has 5 heteroatoms. The molecule has 1 N–H and O–H groups in total. The highest BCUT2D eigenvalue weighted by Crippen LogP contribution is 2.20. The lowest BCUT2D eigenvalue weighted by Gasteiger charge is -2.11. The van der Waals surface area contributed by atoms with Crippen LogP contribution in [0.4, 0.5) is 11.4 Å². The predicted molar refractivity (Wildman–Crippen MR) is 67.4 cm³/mol. The molecule has 0 spiro atoms. The van der Waals surface area contributed by atoms with Gasteiger partial charge in [0.25, 0.3) is 5.69 Å². The maximum atomic E-state index is 10.6. The van der Waals surface area contributed by atoms with Gasteiger partial charge in [-0.15, -0.1) is 0 Å². The van der Waals surface area contributed by atoms with Gasteiger partial charge in [-0.2, -0.15) is 0 Å². The molecule has 0 radical (unpaired) electrons. The predicted octanol–water partition coefficient (Wildman–Crippen LogP) is 2.74. The van der Waals surface area contributed by atoms with E-state index < -0.39 is 4.92 Å². The smallest absolute Gasteiger partial charge is 0.269 e. The number of nitrogens with one attached hydrogen (secondary N) is 1. The van der Waals surface area contributed by atoms with Crippen LogP contribution in [-0.2, 0) is 4.74 Å². The molecule has 17 heavy (non-hydrogen) atoms. The van der Waals surface area contributed by atoms with E-state index in [0.717, 1.165) is 11.3 Å². The summed E-state index contributed by atoms with van der Waals surface area (Å²) in [6.45, 7) is 7.12. The summed E-state index contributed by atoms with van der Waals surface area (Å²) in [6.07, 6.45) is 0.217. The quantitative estimate of drug-likeness (QED) is 0.470. The number of hydrogen-bond acceptors (Lipinski definition) is 4. The Hall–Kier alpha value is -1.62. The first-order valence-corrected chi connectivity index (χ1v) is 5.61. The molecule has 0 saturated carbocycles. The van der Waals surface area contributed by atoms with Crippen LogP contribution in [0.2, 0.25) is 0 Å². The van der Waals surface area contributed by atoms with E-state index in [2.05, 4.69) is 5.32 Å². The first kappa shape index (κ1) is 13.4. The Labute approximate surface area is 101 Å². The first-order chi connectivity index (χ1) is 8.00. The van der Waals surface area contributed by atoms with Gasteiger partial charge in [0.15, 0.2) is 0 Å². The topological polar surface area (TPSA) is 64.4 Å². The molecule has 1 rings (SSSR count). The molecule has 0 heterocycles. The van der Waals surface area contributed by atoms with Gasteiger partial charge in [0.1, 0.15) is 0 Å². The molecule has 0 atom stereocenters. The van der Waals surface area contributed by atoms with Crippen LogP contribution in [0.3, 0.4) is 0 Å².